The van der Waals surface area contributed by atoms with Crippen molar-refractivity contribution in [3.63, 3.8) is 0 Å². The molecule has 4 aromatic rings. The first kappa shape index (κ1) is 13.8. The predicted octanol–water partition coefficient (Wildman–Crippen LogP) is 4.62. The summed E-state index contributed by atoms with van der Waals surface area (Å²) in [6.45, 7) is 0. The van der Waals surface area contributed by atoms with Crippen LogP contribution < -0.4 is 5.32 Å². The number of carbonyl (C=O) groups is 1. The van der Waals surface area contributed by atoms with Crippen LogP contribution in [0.1, 0.15) is 10.4 Å². The minimum Gasteiger partial charge on any atom is -0.361 e. The van der Waals surface area contributed by atoms with Crippen LogP contribution in [0.15, 0.2) is 60.9 Å². The molecule has 2 heterocycles. The molecule has 0 aliphatic rings. The van der Waals surface area contributed by atoms with Gasteiger partial charge in [0.15, 0.2) is 0 Å². The van der Waals surface area contributed by atoms with E-state index >= 15 is 0 Å². The molecule has 112 valence electrons. The summed E-state index contributed by atoms with van der Waals surface area (Å²) in [5.41, 5.74) is 2.83. The summed E-state index contributed by atoms with van der Waals surface area (Å²) in [6.07, 6.45) is 3.48. The number of hydrogen-bond acceptors (Lipinski definition) is 2. The van der Waals surface area contributed by atoms with E-state index < -0.39 is 0 Å². The number of rotatable bonds is 2. The first-order valence-electron chi connectivity index (χ1n) is 7.14. The Morgan fingerprint density at radius 2 is 2.04 bits per heavy atom. The second kappa shape index (κ2) is 5.41. The average Bonchev–Trinajstić information content (AvgIpc) is 3.03. The molecule has 0 fully saturated rings. The van der Waals surface area contributed by atoms with E-state index in [9.17, 15) is 4.79 Å². The maximum absolute atomic E-state index is 12.5. The lowest BCUT2D eigenvalue weighted by Crippen LogP contribution is -2.12. The molecule has 0 saturated heterocycles. The van der Waals surface area contributed by atoms with Gasteiger partial charge in [-0.05, 0) is 35.7 Å². The van der Waals surface area contributed by atoms with Gasteiger partial charge in [-0.15, -0.1) is 0 Å². The summed E-state index contributed by atoms with van der Waals surface area (Å²) >= 11 is 6.18. The zero-order valence-electron chi connectivity index (χ0n) is 12.0. The van der Waals surface area contributed by atoms with Gasteiger partial charge in [0.2, 0.25) is 0 Å². The minimum atomic E-state index is -0.184. The van der Waals surface area contributed by atoms with Crippen molar-refractivity contribution in [2.45, 2.75) is 0 Å². The second-order valence-corrected chi connectivity index (χ2v) is 5.64. The van der Waals surface area contributed by atoms with E-state index in [2.05, 4.69) is 15.3 Å². The van der Waals surface area contributed by atoms with Gasteiger partial charge in [-0.1, -0.05) is 29.8 Å². The van der Waals surface area contributed by atoms with Crippen molar-refractivity contribution in [3.8, 4) is 0 Å². The molecular weight excluding hydrogens is 310 g/mol. The summed E-state index contributed by atoms with van der Waals surface area (Å²) < 4.78 is 0. The molecule has 0 bridgehead atoms. The fraction of sp³-hybridized carbons (Fsp3) is 0. The molecule has 0 aliphatic heterocycles. The lowest BCUT2D eigenvalue weighted by atomic mass is 10.1. The maximum Gasteiger partial charge on any atom is 0.255 e. The van der Waals surface area contributed by atoms with Gasteiger partial charge in [0.05, 0.1) is 16.2 Å². The number of H-pyrrole nitrogens is 1. The lowest BCUT2D eigenvalue weighted by Gasteiger charge is -2.09. The first-order chi connectivity index (χ1) is 11.2. The van der Waals surface area contributed by atoms with Crippen molar-refractivity contribution in [2.75, 3.05) is 5.32 Å². The number of nitrogens with zero attached hydrogens (tertiary/aromatic N) is 1. The molecule has 0 atom stereocenters. The number of carbonyl (C=O) groups excluding carboxylic acids is 1. The normalized spacial score (nSPS) is 11.0. The molecule has 0 unspecified atom stereocenters. The van der Waals surface area contributed by atoms with Crippen LogP contribution in [-0.4, -0.2) is 15.9 Å². The molecular formula is C18H12ClN3O. The van der Waals surface area contributed by atoms with Crippen LogP contribution in [0.4, 0.5) is 5.69 Å². The molecule has 4 rings (SSSR count). The van der Waals surface area contributed by atoms with Gasteiger partial charge in [-0.3, -0.25) is 9.78 Å². The van der Waals surface area contributed by atoms with Crippen LogP contribution in [0, 0.1) is 0 Å². The van der Waals surface area contributed by atoms with Crippen molar-refractivity contribution in [1.29, 1.82) is 0 Å². The van der Waals surface area contributed by atoms with Gasteiger partial charge < -0.3 is 10.3 Å². The number of pyridine rings is 1. The van der Waals surface area contributed by atoms with E-state index in [1.54, 1.807) is 18.3 Å². The van der Waals surface area contributed by atoms with Crippen LogP contribution in [0.3, 0.4) is 0 Å². The van der Waals surface area contributed by atoms with E-state index in [-0.39, 0.29) is 5.91 Å². The van der Waals surface area contributed by atoms with Crippen molar-refractivity contribution < 1.29 is 4.79 Å². The Balaban J connectivity index is 1.72. The quantitative estimate of drug-likeness (QED) is 0.566. The van der Waals surface area contributed by atoms with E-state index in [1.807, 2.05) is 42.6 Å². The lowest BCUT2D eigenvalue weighted by molar-refractivity contribution is 0.102. The summed E-state index contributed by atoms with van der Waals surface area (Å²) in [7, 11) is 0. The fourth-order valence-electron chi connectivity index (χ4n) is 2.63. The summed E-state index contributed by atoms with van der Waals surface area (Å²) in [5.74, 6) is -0.184. The number of fused-ring (bicyclic) bond motifs is 2. The van der Waals surface area contributed by atoms with Crippen LogP contribution in [0.5, 0.6) is 0 Å². The molecule has 0 radical (unpaired) electrons. The smallest absolute Gasteiger partial charge is 0.255 e. The molecule has 2 N–H and O–H groups in total. The SMILES string of the molecule is O=C(Nc1cccc2c(Cl)ccnc12)c1ccc2cc[nH]c2c1. The third-order valence-corrected chi connectivity index (χ3v) is 4.11. The second-order valence-electron chi connectivity index (χ2n) is 5.23. The van der Waals surface area contributed by atoms with Gasteiger partial charge in [-0.25, -0.2) is 0 Å². The van der Waals surface area contributed by atoms with Gasteiger partial charge in [0.25, 0.3) is 5.91 Å². The zero-order valence-corrected chi connectivity index (χ0v) is 12.8. The number of aromatic amines is 1. The van der Waals surface area contributed by atoms with E-state index in [4.69, 9.17) is 11.6 Å². The Bertz CT molecular complexity index is 1040. The highest BCUT2D eigenvalue weighted by molar-refractivity contribution is 6.35. The standard InChI is InChI=1S/C18H12ClN3O/c19-14-7-9-21-17-13(14)2-1-3-15(17)22-18(23)12-5-4-11-6-8-20-16(11)10-12/h1-10,20H,(H,22,23). The van der Waals surface area contributed by atoms with Crippen LogP contribution >= 0.6 is 11.6 Å². The molecule has 0 saturated carbocycles. The van der Waals surface area contributed by atoms with Gasteiger partial charge in [0.1, 0.15) is 0 Å². The van der Waals surface area contributed by atoms with Gasteiger partial charge in [0, 0.05) is 28.9 Å². The minimum absolute atomic E-state index is 0.184. The number of anilines is 1. The van der Waals surface area contributed by atoms with E-state index in [1.165, 1.54) is 0 Å². The van der Waals surface area contributed by atoms with E-state index in [0.717, 1.165) is 16.3 Å². The van der Waals surface area contributed by atoms with Crippen molar-refractivity contribution in [2.24, 2.45) is 0 Å². The number of nitrogens with one attached hydrogen (secondary N) is 2. The van der Waals surface area contributed by atoms with Crippen molar-refractivity contribution >= 4 is 45.0 Å². The molecule has 1 amide bonds. The fourth-order valence-corrected chi connectivity index (χ4v) is 2.84. The molecule has 4 nitrogen and oxygen atoms in total. The molecule has 0 aliphatic carbocycles. The molecule has 0 spiro atoms. The van der Waals surface area contributed by atoms with Crippen LogP contribution in [0.25, 0.3) is 21.8 Å². The highest BCUT2D eigenvalue weighted by Crippen LogP contribution is 2.27. The number of benzene rings is 2. The topological polar surface area (TPSA) is 57.8 Å². The monoisotopic (exact) mass is 321 g/mol. The Hall–Kier alpha value is -2.85. The average molecular weight is 322 g/mol. The Kier molecular flexibility index (Phi) is 3.24. The third kappa shape index (κ3) is 2.43. The Labute approximate surface area is 137 Å². The number of amides is 1. The number of hydrogen-bond donors (Lipinski definition) is 2. The number of aromatic nitrogens is 2. The van der Waals surface area contributed by atoms with E-state index in [0.29, 0.717) is 21.8 Å². The van der Waals surface area contributed by atoms with Gasteiger partial charge >= 0.3 is 0 Å². The van der Waals surface area contributed by atoms with Crippen LogP contribution in [0.2, 0.25) is 5.02 Å². The Morgan fingerprint density at radius 1 is 1.13 bits per heavy atom. The summed E-state index contributed by atoms with van der Waals surface area (Å²) in [4.78, 5) is 20.0. The van der Waals surface area contributed by atoms with Crippen LogP contribution in [-0.2, 0) is 0 Å². The van der Waals surface area contributed by atoms with Gasteiger partial charge in [-0.2, -0.15) is 0 Å². The first-order valence-corrected chi connectivity index (χ1v) is 7.52. The Morgan fingerprint density at radius 3 is 2.96 bits per heavy atom. The summed E-state index contributed by atoms with van der Waals surface area (Å²) in [5, 5.41) is 5.40. The van der Waals surface area contributed by atoms with Crippen molar-refractivity contribution in [1.82, 2.24) is 9.97 Å². The third-order valence-electron chi connectivity index (χ3n) is 3.78. The molecule has 23 heavy (non-hydrogen) atoms. The molecule has 5 heteroatoms. The largest absolute Gasteiger partial charge is 0.361 e. The maximum atomic E-state index is 12.5. The highest BCUT2D eigenvalue weighted by atomic mass is 35.5. The predicted molar refractivity (Wildman–Crippen MR) is 93.0 cm³/mol. The number of para-hydroxylation sites is 1. The van der Waals surface area contributed by atoms with Crippen molar-refractivity contribution in [3.05, 3.63) is 71.5 Å². The highest BCUT2D eigenvalue weighted by Gasteiger charge is 2.11. The number of halogens is 1. The molecule has 2 aromatic carbocycles. The zero-order chi connectivity index (χ0) is 15.8. The summed E-state index contributed by atoms with van der Waals surface area (Å²) in [6, 6.07) is 14.8. The molecule has 2 aromatic heterocycles.